The van der Waals surface area contributed by atoms with Gasteiger partial charge in [-0.15, -0.1) is 10.2 Å². The topological polar surface area (TPSA) is 76.2 Å². The smallest absolute Gasteiger partial charge is 0.416 e. The first-order valence-corrected chi connectivity index (χ1v) is 8.41. The average molecular weight is 390 g/mol. The molecule has 0 bridgehead atoms. The van der Waals surface area contributed by atoms with E-state index in [2.05, 4.69) is 10.2 Å². The van der Waals surface area contributed by atoms with Crippen LogP contribution in [0.2, 0.25) is 0 Å². The molecule has 0 fully saturated rings. The van der Waals surface area contributed by atoms with Gasteiger partial charge in [-0.2, -0.15) is 13.2 Å². The molecule has 0 aliphatic carbocycles. The number of rotatable bonds is 5. The van der Waals surface area contributed by atoms with Crippen molar-refractivity contribution < 1.29 is 27.5 Å². The summed E-state index contributed by atoms with van der Waals surface area (Å²) in [5.41, 5.74) is 0.00845. The zero-order valence-electron chi connectivity index (χ0n) is 15.1. The first-order chi connectivity index (χ1) is 13.1. The molecule has 1 heterocycles. The fourth-order valence-electron chi connectivity index (χ4n) is 2.59. The van der Waals surface area contributed by atoms with Gasteiger partial charge in [-0.05, 0) is 49.6 Å². The van der Waals surface area contributed by atoms with Crippen molar-refractivity contribution >= 4 is 5.97 Å². The Morgan fingerprint density at radius 2 is 1.68 bits per heavy atom. The van der Waals surface area contributed by atoms with Crippen LogP contribution in [-0.2, 0) is 22.8 Å². The van der Waals surface area contributed by atoms with Crippen LogP contribution >= 0.6 is 0 Å². The first-order valence-electron chi connectivity index (χ1n) is 8.41. The lowest BCUT2D eigenvalue weighted by molar-refractivity contribution is -0.143. The van der Waals surface area contributed by atoms with Crippen molar-refractivity contribution in [2.75, 3.05) is 0 Å². The molecule has 3 aromatic rings. The molecule has 0 amide bonds. The summed E-state index contributed by atoms with van der Waals surface area (Å²) in [5, 5.41) is 17.1. The lowest BCUT2D eigenvalue weighted by Gasteiger charge is -2.13. The summed E-state index contributed by atoms with van der Waals surface area (Å²) in [6.45, 7) is 2.92. The van der Waals surface area contributed by atoms with Crippen LogP contribution in [-0.4, -0.2) is 21.3 Å². The van der Waals surface area contributed by atoms with E-state index in [4.69, 9.17) is 4.42 Å². The number of benzene rings is 2. The maximum Gasteiger partial charge on any atom is 0.416 e. The molecule has 0 radical (unpaired) electrons. The fourth-order valence-corrected chi connectivity index (χ4v) is 2.59. The third-order valence-electron chi connectivity index (χ3n) is 4.42. The Kier molecular flexibility index (Phi) is 4.97. The van der Waals surface area contributed by atoms with Gasteiger partial charge in [-0.1, -0.05) is 30.3 Å². The van der Waals surface area contributed by atoms with Crippen molar-refractivity contribution in [3.8, 4) is 11.5 Å². The Hall–Kier alpha value is -3.16. The van der Waals surface area contributed by atoms with Crippen molar-refractivity contribution in [1.82, 2.24) is 10.2 Å². The predicted octanol–water partition coefficient (Wildman–Crippen LogP) is 4.71. The molecule has 1 aromatic heterocycles. The molecule has 0 spiro atoms. The molecule has 3 rings (SSSR count). The summed E-state index contributed by atoms with van der Waals surface area (Å²) < 4.78 is 43.7. The van der Waals surface area contributed by atoms with Crippen molar-refractivity contribution in [3.05, 3.63) is 71.1 Å². The summed E-state index contributed by atoms with van der Waals surface area (Å²) in [4.78, 5) is 11.4. The van der Waals surface area contributed by atoms with Gasteiger partial charge in [0.1, 0.15) is 5.41 Å². The molecule has 2 aromatic carbocycles. The van der Waals surface area contributed by atoms with Crippen LogP contribution in [0.4, 0.5) is 13.2 Å². The van der Waals surface area contributed by atoms with Gasteiger partial charge in [0.05, 0.1) is 5.56 Å². The largest absolute Gasteiger partial charge is 0.480 e. The molecular formula is C20H17F3N2O3. The molecule has 1 N–H and O–H groups in total. The first kappa shape index (κ1) is 19.6. The Morgan fingerprint density at radius 3 is 2.29 bits per heavy atom. The SMILES string of the molecule is CC(C)(C(=O)O)c1nnc(-c2ccccc2Cc2ccc(C(F)(F)F)cc2)o1. The number of hydrogen-bond acceptors (Lipinski definition) is 4. The summed E-state index contributed by atoms with van der Waals surface area (Å²) in [7, 11) is 0. The lowest BCUT2D eigenvalue weighted by Crippen LogP contribution is -2.28. The number of carbonyl (C=O) groups is 1. The number of nitrogens with zero attached hydrogens (tertiary/aromatic N) is 2. The number of aliphatic carboxylic acids is 1. The van der Waals surface area contributed by atoms with Crippen molar-refractivity contribution in [3.63, 3.8) is 0 Å². The highest BCUT2D eigenvalue weighted by molar-refractivity contribution is 5.78. The van der Waals surface area contributed by atoms with Crippen molar-refractivity contribution in [1.29, 1.82) is 0 Å². The van der Waals surface area contributed by atoms with Crippen LogP contribution < -0.4 is 0 Å². The number of halogens is 3. The van der Waals surface area contributed by atoms with E-state index in [9.17, 15) is 23.1 Å². The van der Waals surface area contributed by atoms with Gasteiger partial charge in [-0.3, -0.25) is 4.79 Å². The van der Waals surface area contributed by atoms with Crippen LogP contribution in [0.15, 0.2) is 52.9 Å². The molecular weight excluding hydrogens is 373 g/mol. The quantitative estimate of drug-likeness (QED) is 0.683. The number of alkyl halides is 3. The van der Waals surface area contributed by atoms with Crippen LogP contribution in [0.3, 0.4) is 0 Å². The van der Waals surface area contributed by atoms with E-state index in [1.165, 1.54) is 26.0 Å². The van der Waals surface area contributed by atoms with Gasteiger partial charge in [0.25, 0.3) is 0 Å². The molecule has 5 nitrogen and oxygen atoms in total. The average Bonchev–Trinajstić information content (AvgIpc) is 3.12. The second-order valence-electron chi connectivity index (χ2n) is 6.87. The predicted molar refractivity (Wildman–Crippen MR) is 94.6 cm³/mol. The van der Waals surface area contributed by atoms with E-state index in [0.717, 1.165) is 17.7 Å². The number of carboxylic acid groups (broad SMARTS) is 1. The number of hydrogen-bond donors (Lipinski definition) is 1. The number of carboxylic acids is 1. The molecule has 0 saturated heterocycles. The minimum absolute atomic E-state index is 0.0284. The van der Waals surface area contributed by atoms with E-state index in [1.54, 1.807) is 24.3 Å². The van der Waals surface area contributed by atoms with E-state index in [0.29, 0.717) is 17.5 Å². The van der Waals surface area contributed by atoms with E-state index < -0.39 is 23.1 Å². The van der Waals surface area contributed by atoms with Crippen LogP contribution in [0.1, 0.15) is 36.4 Å². The second-order valence-corrected chi connectivity index (χ2v) is 6.87. The summed E-state index contributed by atoms with van der Waals surface area (Å²) in [6, 6.07) is 12.0. The zero-order valence-corrected chi connectivity index (χ0v) is 15.1. The Balaban J connectivity index is 1.90. The third kappa shape index (κ3) is 3.90. The van der Waals surface area contributed by atoms with Gasteiger partial charge in [-0.25, -0.2) is 0 Å². The van der Waals surface area contributed by atoms with Crippen molar-refractivity contribution in [2.24, 2.45) is 0 Å². The molecule has 28 heavy (non-hydrogen) atoms. The van der Waals surface area contributed by atoms with Gasteiger partial charge in [0, 0.05) is 5.56 Å². The Morgan fingerprint density at radius 1 is 1.04 bits per heavy atom. The minimum atomic E-state index is -4.38. The molecule has 0 atom stereocenters. The minimum Gasteiger partial charge on any atom is -0.480 e. The summed E-state index contributed by atoms with van der Waals surface area (Å²) >= 11 is 0. The fraction of sp³-hybridized carbons (Fsp3) is 0.250. The summed E-state index contributed by atoms with van der Waals surface area (Å²) in [5.74, 6) is -0.966. The normalized spacial score (nSPS) is 12.2. The van der Waals surface area contributed by atoms with Gasteiger partial charge < -0.3 is 9.52 Å². The molecule has 146 valence electrons. The van der Waals surface area contributed by atoms with Gasteiger partial charge in [0.2, 0.25) is 11.8 Å². The monoisotopic (exact) mass is 390 g/mol. The van der Waals surface area contributed by atoms with Gasteiger partial charge in [0.15, 0.2) is 0 Å². The highest BCUT2D eigenvalue weighted by atomic mass is 19.4. The van der Waals surface area contributed by atoms with E-state index >= 15 is 0 Å². The maximum absolute atomic E-state index is 12.7. The van der Waals surface area contributed by atoms with Crippen LogP contribution in [0.25, 0.3) is 11.5 Å². The van der Waals surface area contributed by atoms with E-state index in [-0.39, 0.29) is 11.8 Å². The summed E-state index contributed by atoms with van der Waals surface area (Å²) in [6.07, 6.45) is -4.03. The Labute approximate surface area is 158 Å². The molecule has 0 unspecified atom stereocenters. The third-order valence-corrected chi connectivity index (χ3v) is 4.42. The lowest BCUT2D eigenvalue weighted by atomic mass is 9.94. The molecule has 0 saturated carbocycles. The second kappa shape index (κ2) is 7.10. The maximum atomic E-state index is 12.7. The highest BCUT2D eigenvalue weighted by Crippen LogP contribution is 2.31. The zero-order chi connectivity index (χ0) is 20.5. The van der Waals surface area contributed by atoms with Crippen LogP contribution in [0.5, 0.6) is 0 Å². The molecule has 0 aliphatic rings. The highest BCUT2D eigenvalue weighted by Gasteiger charge is 2.36. The Bertz CT molecular complexity index is 992. The van der Waals surface area contributed by atoms with E-state index in [1.807, 2.05) is 0 Å². The molecule has 8 heteroatoms. The standard InChI is InChI=1S/C20H17F3N2O3/c1-19(2,18(26)27)17-25-24-16(28-17)15-6-4-3-5-13(15)11-12-7-9-14(10-8-12)20(21,22)23/h3-10H,11H2,1-2H3,(H,26,27). The molecule has 0 aliphatic heterocycles. The van der Waals surface area contributed by atoms with Crippen LogP contribution in [0, 0.1) is 0 Å². The number of aromatic nitrogens is 2. The van der Waals surface area contributed by atoms with Gasteiger partial charge >= 0.3 is 12.1 Å². The van der Waals surface area contributed by atoms with Crippen molar-refractivity contribution in [2.45, 2.75) is 31.9 Å².